The van der Waals surface area contributed by atoms with Gasteiger partial charge in [-0.3, -0.25) is 0 Å². The molecule has 6 nitrogen and oxygen atoms in total. The van der Waals surface area contributed by atoms with E-state index < -0.39 is 9.05 Å². The molecule has 1 N–H and O–H groups in total. The molecular weight excluding hydrogens is 384 g/mol. The Morgan fingerprint density at radius 2 is 2.19 bits per heavy atom. The van der Waals surface area contributed by atoms with Gasteiger partial charge in [-0.1, -0.05) is 15.9 Å². The van der Waals surface area contributed by atoms with Crippen LogP contribution in [0.25, 0.3) is 0 Å². The summed E-state index contributed by atoms with van der Waals surface area (Å²) in [6, 6.07) is 2.99. The number of aryl methyl sites for hydroxylation is 1. The van der Waals surface area contributed by atoms with Crippen LogP contribution < -0.4 is 10.1 Å². The average molecular weight is 398 g/mol. The van der Waals surface area contributed by atoms with Crippen LogP contribution in [0.15, 0.2) is 21.5 Å². The number of ether oxygens (including phenoxy) is 1. The maximum atomic E-state index is 11.6. The number of hydrogen-bond acceptors (Lipinski definition) is 4. The molecule has 2 rings (SSSR count). The van der Waals surface area contributed by atoms with Crippen LogP contribution in [0, 0.1) is 6.92 Å². The molecule has 0 unspecified atom stereocenters. The number of carbonyl (C=O) groups excluding carboxylic acids is 1. The fourth-order valence-corrected chi connectivity index (χ4v) is 3.82. The number of halogens is 2. The first-order chi connectivity index (χ1) is 9.79. The van der Waals surface area contributed by atoms with Gasteiger partial charge in [0.05, 0.1) is 6.54 Å². The van der Waals surface area contributed by atoms with Crippen LogP contribution in [0.2, 0.25) is 0 Å². The summed E-state index contributed by atoms with van der Waals surface area (Å²) in [5.41, 5.74) is 0.648. The van der Waals surface area contributed by atoms with Crippen molar-refractivity contribution in [1.29, 1.82) is 0 Å². The normalized spacial score (nSPS) is 15.2. The minimum Gasteiger partial charge on any atom is -0.490 e. The summed E-state index contributed by atoms with van der Waals surface area (Å²) in [4.78, 5) is 12.9. The Hall–Kier alpha value is -0.990. The van der Waals surface area contributed by atoms with E-state index in [9.17, 15) is 13.2 Å². The number of nitrogens with one attached hydrogen (secondary N) is 1. The molecular formula is C12H14BrClN2O4S. The van der Waals surface area contributed by atoms with Crippen LogP contribution in [0.1, 0.15) is 5.56 Å². The second-order valence-corrected chi connectivity index (χ2v) is 8.01. The molecule has 21 heavy (non-hydrogen) atoms. The van der Waals surface area contributed by atoms with Crippen LogP contribution in [-0.2, 0) is 9.05 Å². The molecule has 1 aromatic rings. The van der Waals surface area contributed by atoms with Crippen molar-refractivity contribution >= 4 is 41.7 Å². The molecule has 1 aromatic carbocycles. The Morgan fingerprint density at radius 3 is 2.76 bits per heavy atom. The topological polar surface area (TPSA) is 75.7 Å². The highest BCUT2D eigenvalue weighted by Crippen LogP contribution is 2.33. The van der Waals surface area contributed by atoms with Crippen LogP contribution in [0.5, 0.6) is 5.75 Å². The Balaban J connectivity index is 2.14. The molecule has 1 aliphatic heterocycles. The number of urea groups is 1. The van der Waals surface area contributed by atoms with E-state index in [4.69, 9.17) is 15.4 Å². The van der Waals surface area contributed by atoms with Gasteiger partial charge in [-0.15, -0.1) is 0 Å². The van der Waals surface area contributed by atoms with Crippen LogP contribution in [-0.4, -0.2) is 45.6 Å². The van der Waals surface area contributed by atoms with Crippen molar-refractivity contribution in [3.8, 4) is 5.75 Å². The van der Waals surface area contributed by atoms with E-state index in [1.54, 1.807) is 17.9 Å². The first kappa shape index (κ1) is 16.4. The van der Waals surface area contributed by atoms with Gasteiger partial charge in [0, 0.05) is 28.2 Å². The summed E-state index contributed by atoms with van der Waals surface area (Å²) in [6.07, 6.45) is 0. The van der Waals surface area contributed by atoms with Crippen LogP contribution >= 0.6 is 26.6 Å². The molecule has 1 aliphatic rings. The molecule has 0 spiro atoms. The summed E-state index contributed by atoms with van der Waals surface area (Å²) in [5, 5.41) is 2.68. The van der Waals surface area contributed by atoms with Gasteiger partial charge in [-0.2, -0.15) is 0 Å². The predicted octanol–water partition coefficient (Wildman–Crippen LogP) is 2.09. The van der Waals surface area contributed by atoms with Crippen LogP contribution in [0.3, 0.4) is 0 Å². The van der Waals surface area contributed by atoms with Gasteiger partial charge in [0.15, 0.2) is 0 Å². The molecule has 2 amide bonds. The van der Waals surface area contributed by atoms with E-state index in [-0.39, 0.29) is 23.3 Å². The summed E-state index contributed by atoms with van der Waals surface area (Å²) >= 11 is 3.23. The van der Waals surface area contributed by atoms with Gasteiger partial charge in [0.2, 0.25) is 0 Å². The number of hydrogen-bond donors (Lipinski definition) is 1. The molecule has 0 saturated carbocycles. The maximum Gasteiger partial charge on any atom is 0.317 e. The molecule has 1 saturated heterocycles. The lowest BCUT2D eigenvalue weighted by Crippen LogP contribution is -2.32. The van der Waals surface area contributed by atoms with E-state index in [1.807, 2.05) is 0 Å². The molecule has 9 heteroatoms. The van der Waals surface area contributed by atoms with Gasteiger partial charge in [0.1, 0.15) is 17.3 Å². The fourth-order valence-electron chi connectivity index (χ4n) is 2.05. The van der Waals surface area contributed by atoms with Gasteiger partial charge in [-0.25, -0.2) is 13.2 Å². The van der Waals surface area contributed by atoms with Crippen molar-refractivity contribution in [2.24, 2.45) is 0 Å². The minimum atomic E-state index is -3.91. The number of amides is 2. The highest BCUT2D eigenvalue weighted by Gasteiger charge is 2.22. The SMILES string of the molecule is Cc1cc(Br)cc(S(=O)(=O)Cl)c1OCCN1CCNC1=O. The number of carbonyl (C=O) groups is 1. The van der Waals surface area contributed by atoms with Crippen molar-refractivity contribution in [3.63, 3.8) is 0 Å². The molecule has 116 valence electrons. The predicted molar refractivity (Wildman–Crippen MR) is 82.4 cm³/mol. The van der Waals surface area contributed by atoms with Gasteiger partial charge in [0.25, 0.3) is 9.05 Å². The molecule has 0 radical (unpaired) electrons. The van der Waals surface area contributed by atoms with Gasteiger partial charge < -0.3 is 15.0 Å². The zero-order valence-corrected chi connectivity index (χ0v) is 14.4. The largest absolute Gasteiger partial charge is 0.490 e. The Bertz CT molecular complexity index is 665. The lowest BCUT2D eigenvalue weighted by molar-refractivity contribution is 0.201. The quantitative estimate of drug-likeness (QED) is 0.772. The first-order valence-electron chi connectivity index (χ1n) is 6.19. The van der Waals surface area contributed by atoms with Crippen molar-refractivity contribution in [2.75, 3.05) is 26.2 Å². The molecule has 0 aliphatic carbocycles. The van der Waals surface area contributed by atoms with Gasteiger partial charge >= 0.3 is 6.03 Å². The molecule has 0 aromatic heterocycles. The van der Waals surface area contributed by atoms with Gasteiger partial charge in [-0.05, 0) is 24.6 Å². The van der Waals surface area contributed by atoms with E-state index >= 15 is 0 Å². The summed E-state index contributed by atoms with van der Waals surface area (Å²) in [5.74, 6) is 0.216. The monoisotopic (exact) mass is 396 g/mol. The van der Waals surface area contributed by atoms with E-state index in [1.165, 1.54) is 6.07 Å². The number of benzene rings is 1. The first-order valence-corrected chi connectivity index (χ1v) is 9.29. The van der Waals surface area contributed by atoms with Crippen molar-refractivity contribution in [3.05, 3.63) is 22.2 Å². The molecule has 0 atom stereocenters. The van der Waals surface area contributed by atoms with E-state index in [0.717, 1.165) is 0 Å². The standard InChI is InChI=1S/C12H14BrClN2O4S/c1-8-6-9(13)7-10(21(14,18)19)11(8)20-5-4-16-3-2-15-12(16)17/h6-7H,2-5H2,1H3,(H,15,17). The highest BCUT2D eigenvalue weighted by molar-refractivity contribution is 9.10. The van der Waals surface area contributed by atoms with Crippen molar-refractivity contribution < 1.29 is 17.9 Å². The second kappa shape index (κ2) is 6.41. The lowest BCUT2D eigenvalue weighted by atomic mass is 10.2. The second-order valence-electron chi connectivity index (χ2n) is 4.56. The number of rotatable bonds is 5. The third kappa shape index (κ3) is 4.02. The highest BCUT2D eigenvalue weighted by atomic mass is 79.9. The third-order valence-corrected chi connectivity index (χ3v) is 4.81. The lowest BCUT2D eigenvalue weighted by Gasteiger charge is -2.17. The van der Waals surface area contributed by atoms with Crippen molar-refractivity contribution in [1.82, 2.24) is 10.2 Å². The van der Waals surface area contributed by atoms with Crippen molar-refractivity contribution in [2.45, 2.75) is 11.8 Å². The smallest absolute Gasteiger partial charge is 0.317 e. The Labute approximate surface area is 136 Å². The third-order valence-electron chi connectivity index (χ3n) is 3.02. The molecule has 1 heterocycles. The fraction of sp³-hybridized carbons (Fsp3) is 0.417. The van der Waals surface area contributed by atoms with E-state index in [0.29, 0.717) is 29.7 Å². The maximum absolute atomic E-state index is 11.6. The van der Waals surface area contributed by atoms with E-state index in [2.05, 4.69) is 21.2 Å². The zero-order chi connectivity index (χ0) is 15.6. The summed E-state index contributed by atoms with van der Waals surface area (Å²) < 4.78 is 29.4. The Morgan fingerprint density at radius 1 is 1.48 bits per heavy atom. The summed E-state index contributed by atoms with van der Waals surface area (Å²) in [7, 11) is 1.52. The Kier molecular flexibility index (Phi) is 5.00. The average Bonchev–Trinajstić information content (AvgIpc) is 2.76. The van der Waals surface area contributed by atoms with Crippen LogP contribution in [0.4, 0.5) is 4.79 Å². The summed E-state index contributed by atoms with van der Waals surface area (Å²) in [6.45, 7) is 3.52. The molecule has 1 fully saturated rings. The zero-order valence-electron chi connectivity index (χ0n) is 11.2. The minimum absolute atomic E-state index is 0.0816. The number of nitrogens with zero attached hydrogens (tertiary/aromatic N) is 1. The molecule has 0 bridgehead atoms.